The topological polar surface area (TPSA) is 81.1 Å². The number of ether oxygens (including phenoxy) is 1. The van der Waals surface area contributed by atoms with Crippen LogP contribution in [0.15, 0.2) is 67.0 Å². The Labute approximate surface area is 180 Å². The number of halogens is 3. The molecule has 0 bridgehead atoms. The lowest BCUT2D eigenvalue weighted by Gasteiger charge is -2.11. The van der Waals surface area contributed by atoms with Gasteiger partial charge in [-0.2, -0.15) is 4.98 Å². The Morgan fingerprint density at radius 3 is 2.38 bits per heavy atom. The molecule has 0 saturated carbocycles. The third kappa shape index (κ3) is 4.69. The first kappa shape index (κ1) is 20.9. The van der Waals surface area contributed by atoms with Crippen LogP contribution in [-0.2, 0) is 0 Å². The quantitative estimate of drug-likeness (QED) is 0.407. The lowest BCUT2D eigenvalue weighted by molar-refractivity contribution is 0.262. The summed E-state index contributed by atoms with van der Waals surface area (Å²) in [5, 5.41) is 4.59. The van der Waals surface area contributed by atoms with E-state index in [1.54, 1.807) is 37.3 Å². The number of nitrogens with one attached hydrogen (secondary N) is 2. The Balaban J connectivity index is 1.42. The van der Waals surface area contributed by atoms with Gasteiger partial charge in [0.15, 0.2) is 17.5 Å². The molecule has 162 valence electrons. The summed E-state index contributed by atoms with van der Waals surface area (Å²) in [6.45, 7) is 1.75. The molecule has 2 aromatic heterocycles. The average molecular weight is 439 g/mol. The highest BCUT2D eigenvalue weighted by atomic mass is 19.2. The molecule has 0 radical (unpaired) electrons. The molecule has 10 heteroatoms. The molecule has 0 saturated heterocycles. The molecule has 0 spiro atoms. The third-order valence-electron chi connectivity index (χ3n) is 4.29. The number of benzene rings is 2. The normalized spacial score (nSPS) is 10.6. The van der Waals surface area contributed by atoms with Gasteiger partial charge in [-0.3, -0.25) is 0 Å². The van der Waals surface area contributed by atoms with Gasteiger partial charge in [0.05, 0.1) is 5.69 Å². The van der Waals surface area contributed by atoms with E-state index in [1.165, 1.54) is 0 Å². The van der Waals surface area contributed by atoms with Crippen molar-refractivity contribution in [3.8, 4) is 17.4 Å². The van der Waals surface area contributed by atoms with Crippen molar-refractivity contribution < 1.29 is 22.7 Å². The van der Waals surface area contributed by atoms with Gasteiger partial charge in [0.1, 0.15) is 17.4 Å². The van der Waals surface area contributed by atoms with Crippen molar-refractivity contribution in [3.63, 3.8) is 0 Å². The van der Waals surface area contributed by atoms with E-state index in [0.717, 1.165) is 12.1 Å². The number of nitrogens with zero attached hydrogens (tertiary/aromatic N) is 3. The lowest BCUT2D eigenvalue weighted by Crippen LogP contribution is -2.20. The molecule has 0 aliphatic carbocycles. The van der Waals surface area contributed by atoms with Crippen molar-refractivity contribution in [1.29, 1.82) is 0 Å². The number of aryl methyl sites for hydroxylation is 1. The summed E-state index contributed by atoms with van der Waals surface area (Å²) < 4.78 is 47.5. The minimum Gasteiger partial charge on any atom is -0.439 e. The molecular formula is C22H16F3N5O2. The zero-order valence-corrected chi connectivity index (χ0v) is 16.6. The fourth-order valence-electron chi connectivity index (χ4n) is 2.83. The molecule has 2 aromatic carbocycles. The van der Waals surface area contributed by atoms with Crippen LogP contribution in [0.3, 0.4) is 0 Å². The maximum absolute atomic E-state index is 13.7. The smallest absolute Gasteiger partial charge is 0.323 e. The SMILES string of the molecule is Cc1nc(Oc2ccc(NC(=O)Nc3ccc(F)c(F)c3F)cc2)cc(-n2cccc2)n1. The maximum atomic E-state index is 13.7. The summed E-state index contributed by atoms with van der Waals surface area (Å²) in [5.74, 6) is -2.51. The summed E-state index contributed by atoms with van der Waals surface area (Å²) in [5.41, 5.74) is -0.122. The van der Waals surface area contributed by atoms with Crippen LogP contribution in [0.5, 0.6) is 11.6 Å². The van der Waals surface area contributed by atoms with Crippen LogP contribution in [0.1, 0.15) is 5.82 Å². The zero-order chi connectivity index (χ0) is 22.7. The average Bonchev–Trinajstić information content (AvgIpc) is 3.30. The Morgan fingerprint density at radius 1 is 0.938 bits per heavy atom. The van der Waals surface area contributed by atoms with Gasteiger partial charge in [0, 0.05) is 24.1 Å². The maximum Gasteiger partial charge on any atom is 0.323 e. The van der Waals surface area contributed by atoms with Gasteiger partial charge in [-0.05, 0) is 55.5 Å². The van der Waals surface area contributed by atoms with Crippen LogP contribution in [-0.4, -0.2) is 20.6 Å². The fourth-order valence-corrected chi connectivity index (χ4v) is 2.83. The second-order valence-electron chi connectivity index (χ2n) is 6.63. The summed E-state index contributed by atoms with van der Waals surface area (Å²) >= 11 is 0. The molecule has 4 rings (SSSR count). The summed E-state index contributed by atoms with van der Waals surface area (Å²) in [6.07, 6.45) is 3.70. The van der Waals surface area contributed by atoms with E-state index in [0.29, 0.717) is 29.0 Å². The van der Waals surface area contributed by atoms with Crippen molar-refractivity contribution in [1.82, 2.24) is 14.5 Å². The highest BCUT2D eigenvalue weighted by Crippen LogP contribution is 2.24. The number of urea groups is 1. The van der Waals surface area contributed by atoms with Crippen molar-refractivity contribution >= 4 is 17.4 Å². The number of aromatic nitrogens is 3. The van der Waals surface area contributed by atoms with Gasteiger partial charge >= 0.3 is 6.03 Å². The second-order valence-corrected chi connectivity index (χ2v) is 6.63. The molecule has 0 aliphatic heterocycles. The van der Waals surface area contributed by atoms with Gasteiger partial charge in [0.2, 0.25) is 5.88 Å². The highest BCUT2D eigenvalue weighted by Gasteiger charge is 2.15. The first-order valence-electron chi connectivity index (χ1n) is 9.37. The van der Waals surface area contributed by atoms with Crippen molar-refractivity contribution in [2.75, 3.05) is 10.6 Å². The number of carbonyl (C=O) groups is 1. The zero-order valence-electron chi connectivity index (χ0n) is 16.6. The standard InChI is InChI=1S/C22H16F3N5O2/c1-13-26-18(30-10-2-3-11-30)12-19(27-13)32-15-6-4-14(5-7-15)28-22(31)29-17-9-8-16(23)20(24)21(17)25/h2-12H,1H3,(H2,28,29,31). The molecular weight excluding hydrogens is 423 g/mol. The monoisotopic (exact) mass is 439 g/mol. The number of hydrogen-bond acceptors (Lipinski definition) is 4. The molecule has 2 amide bonds. The number of anilines is 2. The first-order valence-corrected chi connectivity index (χ1v) is 9.37. The van der Waals surface area contributed by atoms with Crippen molar-refractivity contribution in [2.24, 2.45) is 0 Å². The number of rotatable bonds is 5. The summed E-state index contributed by atoms with van der Waals surface area (Å²) in [6, 6.07) is 12.6. The van der Waals surface area contributed by atoms with Crippen molar-refractivity contribution in [3.05, 3.63) is 90.3 Å². The summed E-state index contributed by atoms with van der Waals surface area (Å²) in [4.78, 5) is 20.7. The van der Waals surface area contributed by atoms with E-state index in [4.69, 9.17) is 4.74 Å². The molecule has 0 aliphatic rings. The Hall–Kier alpha value is -4.34. The molecule has 32 heavy (non-hydrogen) atoms. The number of hydrogen-bond donors (Lipinski definition) is 2. The minimum absolute atomic E-state index is 0.341. The Bertz CT molecular complexity index is 1260. The van der Waals surface area contributed by atoms with E-state index in [1.807, 2.05) is 29.1 Å². The van der Waals surface area contributed by atoms with E-state index in [9.17, 15) is 18.0 Å². The Kier molecular flexibility index (Phi) is 5.75. The van der Waals surface area contributed by atoms with Gasteiger partial charge in [-0.1, -0.05) is 0 Å². The largest absolute Gasteiger partial charge is 0.439 e. The Morgan fingerprint density at radius 2 is 1.66 bits per heavy atom. The molecule has 7 nitrogen and oxygen atoms in total. The van der Waals surface area contributed by atoms with Gasteiger partial charge in [-0.25, -0.2) is 22.9 Å². The van der Waals surface area contributed by atoms with Crippen molar-refractivity contribution in [2.45, 2.75) is 6.92 Å². The van der Waals surface area contributed by atoms with Gasteiger partial charge in [0.25, 0.3) is 0 Å². The van der Waals surface area contributed by atoms with Crippen LogP contribution in [0.4, 0.5) is 29.3 Å². The third-order valence-corrected chi connectivity index (χ3v) is 4.29. The minimum atomic E-state index is -1.66. The molecule has 0 fully saturated rings. The lowest BCUT2D eigenvalue weighted by atomic mass is 10.3. The van der Waals surface area contributed by atoms with E-state index in [-0.39, 0.29) is 0 Å². The van der Waals surface area contributed by atoms with E-state index >= 15 is 0 Å². The molecule has 0 unspecified atom stereocenters. The number of carbonyl (C=O) groups excluding carboxylic acids is 1. The molecule has 2 N–H and O–H groups in total. The predicted molar refractivity (Wildman–Crippen MR) is 112 cm³/mol. The van der Waals surface area contributed by atoms with Gasteiger partial charge in [-0.15, -0.1) is 0 Å². The van der Waals surface area contributed by atoms with Crippen LogP contribution < -0.4 is 15.4 Å². The molecule has 4 aromatic rings. The van der Waals surface area contributed by atoms with Crippen LogP contribution in [0, 0.1) is 24.4 Å². The van der Waals surface area contributed by atoms with Gasteiger partial charge < -0.3 is 19.9 Å². The molecule has 0 atom stereocenters. The molecule has 2 heterocycles. The first-order chi connectivity index (χ1) is 15.4. The number of amides is 2. The van der Waals surface area contributed by atoms with Crippen LogP contribution in [0.2, 0.25) is 0 Å². The highest BCUT2D eigenvalue weighted by molar-refractivity contribution is 5.99. The van der Waals surface area contributed by atoms with E-state index < -0.39 is 29.2 Å². The predicted octanol–water partition coefficient (Wildman–Crippen LogP) is 5.43. The fraction of sp³-hybridized carbons (Fsp3) is 0.0455. The summed E-state index contributed by atoms with van der Waals surface area (Å²) in [7, 11) is 0. The second kappa shape index (κ2) is 8.80. The van der Waals surface area contributed by atoms with Crippen LogP contribution >= 0.6 is 0 Å². The van der Waals surface area contributed by atoms with E-state index in [2.05, 4.69) is 20.6 Å². The van der Waals surface area contributed by atoms with Crippen LogP contribution in [0.25, 0.3) is 5.82 Å².